The highest BCUT2D eigenvalue weighted by atomic mass is 15.0. The molecular formula is C53H38N4. The summed E-state index contributed by atoms with van der Waals surface area (Å²) in [5, 5.41) is 3.86. The van der Waals surface area contributed by atoms with E-state index in [9.17, 15) is 0 Å². The molecule has 57 heavy (non-hydrogen) atoms. The maximum atomic E-state index is 4.76. The van der Waals surface area contributed by atoms with Gasteiger partial charge < -0.3 is 9.13 Å². The molecule has 0 amide bonds. The molecule has 0 N–H and O–H groups in total. The summed E-state index contributed by atoms with van der Waals surface area (Å²) >= 11 is 0. The van der Waals surface area contributed by atoms with Crippen LogP contribution in [0.5, 0.6) is 0 Å². The number of fused-ring (bicyclic) bond motifs is 6. The minimum absolute atomic E-state index is 0.486. The van der Waals surface area contributed by atoms with Crippen molar-refractivity contribution >= 4 is 38.8 Å². The molecule has 0 fully saturated rings. The van der Waals surface area contributed by atoms with Crippen molar-refractivity contribution in [3.63, 3.8) is 0 Å². The molecule has 10 aromatic rings. The van der Waals surface area contributed by atoms with Gasteiger partial charge in [0.15, 0.2) is 0 Å². The van der Waals surface area contributed by atoms with Gasteiger partial charge in [0, 0.05) is 44.4 Å². The van der Waals surface area contributed by atoms with Crippen molar-refractivity contribution in [2.24, 2.45) is 0 Å². The van der Waals surface area contributed by atoms with E-state index in [0.29, 0.717) is 5.92 Å². The van der Waals surface area contributed by atoms with Gasteiger partial charge in [-0.15, -0.1) is 0 Å². The van der Waals surface area contributed by atoms with Crippen LogP contribution in [0.15, 0.2) is 188 Å². The molecule has 7 aromatic carbocycles. The van der Waals surface area contributed by atoms with Crippen LogP contribution in [0.2, 0.25) is 0 Å². The van der Waals surface area contributed by atoms with E-state index in [-0.39, 0.29) is 0 Å². The molecule has 0 radical (unpaired) electrons. The molecule has 0 saturated heterocycles. The van der Waals surface area contributed by atoms with Crippen LogP contribution < -0.4 is 0 Å². The first kappa shape index (κ1) is 33.1. The van der Waals surface area contributed by atoms with Gasteiger partial charge in [0.1, 0.15) is 6.33 Å². The van der Waals surface area contributed by atoms with Gasteiger partial charge in [-0.3, -0.25) is 0 Å². The Kier molecular flexibility index (Phi) is 7.82. The van der Waals surface area contributed by atoms with Gasteiger partial charge in [-0.1, -0.05) is 128 Å². The summed E-state index contributed by atoms with van der Waals surface area (Å²) in [4.78, 5) is 9.52. The fourth-order valence-corrected chi connectivity index (χ4v) is 8.99. The topological polar surface area (TPSA) is 35.6 Å². The predicted molar refractivity (Wildman–Crippen MR) is 237 cm³/mol. The zero-order valence-electron chi connectivity index (χ0n) is 31.5. The quantitative estimate of drug-likeness (QED) is 0.171. The second-order valence-electron chi connectivity index (χ2n) is 15.1. The van der Waals surface area contributed by atoms with Crippen LogP contribution in [0.1, 0.15) is 30.5 Å². The largest absolute Gasteiger partial charge is 0.310 e. The van der Waals surface area contributed by atoms with Crippen molar-refractivity contribution in [2.45, 2.75) is 19.3 Å². The van der Waals surface area contributed by atoms with E-state index >= 15 is 0 Å². The van der Waals surface area contributed by atoms with Gasteiger partial charge >= 0.3 is 0 Å². The predicted octanol–water partition coefficient (Wildman–Crippen LogP) is 13.7. The first-order valence-corrected chi connectivity index (χ1v) is 19.7. The molecule has 0 spiro atoms. The molecule has 3 aromatic heterocycles. The molecule has 4 nitrogen and oxygen atoms in total. The second-order valence-corrected chi connectivity index (χ2v) is 15.1. The molecule has 1 atom stereocenters. The summed E-state index contributed by atoms with van der Waals surface area (Å²) in [5.74, 6) is 0.486. The first-order valence-electron chi connectivity index (χ1n) is 19.7. The highest BCUT2D eigenvalue weighted by molar-refractivity contribution is 6.09. The SMILES string of the molecule is CC1CC=Cc2c1c1ccccc1n2-c1cccc(-c2cccc(-c3cc(-c4cccc(-c5cccc(-n6c7ccccc7c7ccccc76)c5)c4)ncn3)c2)c1. The van der Waals surface area contributed by atoms with Crippen molar-refractivity contribution in [2.75, 3.05) is 0 Å². The smallest absolute Gasteiger partial charge is 0.116 e. The van der Waals surface area contributed by atoms with Crippen molar-refractivity contribution in [3.8, 4) is 56.1 Å². The summed E-state index contributed by atoms with van der Waals surface area (Å²) in [6, 6.07) is 63.3. The summed E-state index contributed by atoms with van der Waals surface area (Å²) in [5.41, 5.74) is 17.2. The molecular weight excluding hydrogens is 693 g/mol. The van der Waals surface area contributed by atoms with E-state index in [2.05, 4.69) is 204 Å². The van der Waals surface area contributed by atoms with Crippen LogP contribution in [-0.4, -0.2) is 19.1 Å². The Labute approximate surface area is 331 Å². The van der Waals surface area contributed by atoms with Crippen LogP contribution in [-0.2, 0) is 0 Å². The molecule has 3 heterocycles. The number of nitrogens with zero attached hydrogens (tertiary/aromatic N) is 4. The molecule has 1 aliphatic carbocycles. The lowest BCUT2D eigenvalue weighted by atomic mass is 9.91. The maximum absolute atomic E-state index is 4.76. The minimum Gasteiger partial charge on any atom is -0.310 e. The van der Waals surface area contributed by atoms with E-state index < -0.39 is 0 Å². The molecule has 0 aliphatic heterocycles. The average Bonchev–Trinajstić information content (AvgIpc) is 3.81. The number of benzene rings is 7. The molecule has 1 unspecified atom stereocenters. The summed E-state index contributed by atoms with van der Waals surface area (Å²) in [6.45, 7) is 2.34. The van der Waals surface area contributed by atoms with Gasteiger partial charge in [0.25, 0.3) is 0 Å². The lowest BCUT2D eigenvalue weighted by Gasteiger charge is -2.17. The maximum Gasteiger partial charge on any atom is 0.116 e. The van der Waals surface area contributed by atoms with E-state index in [0.717, 1.165) is 51.3 Å². The Morgan fingerprint density at radius 1 is 0.439 bits per heavy atom. The third-order valence-corrected chi connectivity index (χ3v) is 11.6. The van der Waals surface area contributed by atoms with Crippen LogP contribution in [0.3, 0.4) is 0 Å². The Morgan fingerprint density at radius 3 is 1.47 bits per heavy atom. The van der Waals surface area contributed by atoms with Gasteiger partial charge in [-0.05, 0) is 107 Å². The Hall–Kier alpha value is -7.30. The van der Waals surface area contributed by atoms with Crippen molar-refractivity contribution in [3.05, 3.63) is 200 Å². The zero-order valence-corrected chi connectivity index (χ0v) is 31.5. The third kappa shape index (κ3) is 5.60. The van der Waals surface area contributed by atoms with E-state index in [1.54, 1.807) is 6.33 Å². The lowest BCUT2D eigenvalue weighted by Crippen LogP contribution is -2.03. The molecule has 270 valence electrons. The van der Waals surface area contributed by atoms with Crippen molar-refractivity contribution < 1.29 is 0 Å². The molecule has 0 saturated carbocycles. The fourth-order valence-electron chi connectivity index (χ4n) is 8.99. The summed E-state index contributed by atoms with van der Waals surface area (Å²) < 4.78 is 4.79. The summed E-state index contributed by atoms with van der Waals surface area (Å²) in [6.07, 6.45) is 7.37. The average molecular weight is 731 g/mol. The van der Waals surface area contributed by atoms with Gasteiger partial charge in [-0.2, -0.15) is 0 Å². The molecule has 4 heteroatoms. The number of hydrogen-bond donors (Lipinski definition) is 0. The van der Waals surface area contributed by atoms with Crippen LogP contribution >= 0.6 is 0 Å². The molecule has 11 rings (SSSR count). The van der Waals surface area contributed by atoms with E-state index in [1.807, 2.05) is 0 Å². The minimum atomic E-state index is 0.486. The van der Waals surface area contributed by atoms with E-state index in [4.69, 9.17) is 9.97 Å². The standard InChI is InChI=1S/C53H38N4/c1-35-13-8-28-52-53(35)46-24-4-7-27-51(46)57(52)43-21-12-17-39(32-43)37-15-10-19-41(30-37)48-33-47(54-34-55-48)40-18-9-14-36(29-40)38-16-11-20-42(31-38)56-49-25-5-2-22-44(49)45-23-3-6-26-50(45)56/h2-12,14-35H,13H2,1H3. The van der Waals surface area contributed by atoms with Crippen molar-refractivity contribution in [1.82, 2.24) is 19.1 Å². The van der Waals surface area contributed by atoms with Crippen molar-refractivity contribution in [1.29, 1.82) is 0 Å². The van der Waals surface area contributed by atoms with Gasteiger partial charge in [-0.25, -0.2) is 9.97 Å². The van der Waals surface area contributed by atoms with Crippen LogP contribution in [0.25, 0.3) is 94.9 Å². The monoisotopic (exact) mass is 730 g/mol. The number of rotatable bonds is 6. The van der Waals surface area contributed by atoms with E-state index in [1.165, 1.54) is 55.2 Å². The zero-order chi connectivity index (χ0) is 37.9. The number of hydrogen-bond acceptors (Lipinski definition) is 2. The Balaban J connectivity index is 0.924. The van der Waals surface area contributed by atoms with Gasteiger partial charge in [0.05, 0.1) is 27.9 Å². The highest BCUT2D eigenvalue weighted by Crippen LogP contribution is 2.40. The number of para-hydroxylation sites is 3. The summed E-state index contributed by atoms with van der Waals surface area (Å²) in [7, 11) is 0. The normalized spacial score (nSPS) is 13.7. The van der Waals surface area contributed by atoms with Gasteiger partial charge in [0.2, 0.25) is 0 Å². The molecule has 1 aliphatic rings. The first-order chi connectivity index (χ1) is 28.2. The number of allylic oxidation sites excluding steroid dienone is 1. The Bertz CT molecular complexity index is 3140. The van der Waals surface area contributed by atoms with Crippen LogP contribution in [0.4, 0.5) is 0 Å². The third-order valence-electron chi connectivity index (χ3n) is 11.6. The Morgan fingerprint density at radius 2 is 0.895 bits per heavy atom. The highest BCUT2D eigenvalue weighted by Gasteiger charge is 2.23. The fraction of sp³-hybridized carbons (Fsp3) is 0.0566. The lowest BCUT2D eigenvalue weighted by molar-refractivity contribution is 0.773. The molecule has 0 bridgehead atoms. The second kappa shape index (κ2) is 13.5. The van der Waals surface area contributed by atoms with Crippen LogP contribution in [0, 0.1) is 0 Å². The number of aromatic nitrogens is 4.